The van der Waals surface area contributed by atoms with Crippen molar-refractivity contribution in [2.45, 2.75) is 45.2 Å². The Morgan fingerprint density at radius 3 is 2.08 bits per heavy atom. The largest absolute Gasteiger partial charge is 0.473 e. The van der Waals surface area contributed by atoms with Gasteiger partial charge in [-0.25, -0.2) is 9.59 Å². The van der Waals surface area contributed by atoms with Gasteiger partial charge in [-0.1, -0.05) is 50.1 Å². The van der Waals surface area contributed by atoms with Crippen molar-refractivity contribution in [3.05, 3.63) is 35.9 Å². The lowest BCUT2D eigenvalue weighted by Gasteiger charge is -2.43. The molecule has 2 N–H and O–H groups in total. The molecule has 0 amide bonds. The van der Waals surface area contributed by atoms with Crippen LogP contribution in [0.15, 0.2) is 30.3 Å². The molecule has 0 aromatic heterocycles. The number of rotatable bonds is 3. The molecule has 6 heteroatoms. The van der Waals surface area contributed by atoms with Crippen LogP contribution in [0.5, 0.6) is 0 Å². The van der Waals surface area contributed by atoms with E-state index in [-0.39, 0.29) is 0 Å². The smallest absolute Gasteiger partial charge is 0.414 e. The zero-order valence-corrected chi connectivity index (χ0v) is 15.5. The van der Waals surface area contributed by atoms with Crippen molar-refractivity contribution in [2.24, 2.45) is 5.92 Å². The van der Waals surface area contributed by atoms with E-state index in [1.54, 1.807) is 0 Å². The number of aliphatic carboxylic acids is 2. The molecule has 1 heterocycles. The van der Waals surface area contributed by atoms with Crippen molar-refractivity contribution < 1.29 is 19.8 Å². The molecule has 26 heavy (non-hydrogen) atoms. The average Bonchev–Trinajstić information content (AvgIpc) is 2.64. The molecule has 0 radical (unpaired) electrons. The highest BCUT2D eigenvalue weighted by molar-refractivity contribution is 6.27. The highest BCUT2D eigenvalue weighted by Gasteiger charge is 2.29. The van der Waals surface area contributed by atoms with Crippen LogP contribution < -0.4 is 0 Å². The van der Waals surface area contributed by atoms with E-state index in [0.717, 1.165) is 18.5 Å². The summed E-state index contributed by atoms with van der Waals surface area (Å²) < 4.78 is 0. The molecule has 1 saturated heterocycles. The quantitative estimate of drug-likeness (QED) is 0.804. The molecule has 1 aliphatic carbocycles. The second-order valence-corrected chi connectivity index (χ2v) is 7.24. The van der Waals surface area contributed by atoms with Crippen LogP contribution in [0.25, 0.3) is 0 Å². The van der Waals surface area contributed by atoms with Gasteiger partial charge in [0.1, 0.15) is 0 Å². The maximum absolute atomic E-state index is 9.10. The molecule has 2 unspecified atom stereocenters. The first-order chi connectivity index (χ1) is 12.5. The van der Waals surface area contributed by atoms with Gasteiger partial charge in [0.2, 0.25) is 0 Å². The minimum absolute atomic E-state index is 0.864. The standard InChI is InChI=1S/C18H28N2.C2H2O4/c1-16-7-5-6-10-18(16)20-13-11-19(12-14-20)15-17-8-3-2-4-9-17;3-1(4)2(5)6/h2-4,8-9,16,18H,5-7,10-15H2,1H3;(H,3,4)(H,5,6). The lowest BCUT2D eigenvalue weighted by Crippen LogP contribution is -2.52. The lowest BCUT2D eigenvalue weighted by atomic mass is 9.84. The Morgan fingerprint density at radius 2 is 1.54 bits per heavy atom. The monoisotopic (exact) mass is 362 g/mol. The maximum atomic E-state index is 9.10. The van der Waals surface area contributed by atoms with Crippen molar-refractivity contribution in [3.63, 3.8) is 0 Å². The third-order valence-electron chi connectivity index (χ3n) is 5.37. The number of carbonyl (C=O) groups is 2. The second kappa shape index (κ2) is 10.3. The van der Waals surface area contributed by atoms with Gasteiger partial charge in [-0.05, 0) is 24.3 Å². The molecule has 1 saturated carbocycles. The summed E-state index contributed by atoms with van der Waals surface area (Å²) in [6.07, 6.45) is 5.76. The summed E-state index contributed by atoms with van der Waals surface area (Å²) in [6, 6.07) is 11.8. The number of benzene rings is 1. The third kappa shape index (κ3) is 6.42. The van der Waals surface area contributed by atoms with E-state index in [1.807, 2.05) is 0 Å². The first kappa shape index (κ1) is 20.4. The SMILES string of the molecule is CC1CCCCC1N1CCN(Cc2ccccc2)CC1.O=C(O)C(=O)O. The van der Waals surface area contributed by atoms with E-state index < -0.39 is 11.9 Å². The molecule has 3 rings (SSSR count). The number of piperazine rings is 1. The fourth-order valence-electron chi connectivity index (χ4n) is 3.93. The summed E-state index contributed by atoms with van der Waals surface area (Å²) in [5.41, 5.74) is 1.45. The average molecular weight is 362 g/mol. The van der Waals surface area contributed by atoms with Gasteiger partial charge in [-0.15, -0.1) is 0 Å². The fraction of sp³-hybridized carbons (Fsp3) is 0.600. The lowest BCUT2D eigenvalue weighted by molar-refractivity contribution is -0.159. The predicted molar refractivity (Wildman–Crippen MR) is 100.0 cm³/mol. The number of nitrogens with zero attached hydrogens (tertiary/aromatic N) is 2. The Balaban J connectivity index is 0.000000352. The van der Waals surface area contributed by atoms with Gasteiger partial charge in [0.15, 0.2) is 0 Å². The van der Waals surface area contributed by atoms with Crippen molar-refractivity contribution in [3.8, 4) is 0 Å². The Labute approximate surface area is 155 Å². The van der Waals surface area contributed by atoms with Crippen molar-refractivity contribution >= 4 is 11.9 Å². The molecule has 0 bridgehead atoms. The summed E-state index contributed by atoms with van der Waals surface area (Å²) in [5, 5.41) is 14.8. The van der Waals surface area contributed by atoms with Crippen LogP contribution in [0.1, 0.15) is 38.2 Å². The summed E-state index contributed by atoms with van der Waals surface area (Å²) in [4.78, 5) is 23.6. The van der Waals surface area contributed by atoms with Gasteiger partial charge < -0.3 is 10.2 Å². The van der Waals surface area contributed by atoms with E-state index >= 15 is 0 Å². The Morgan fingerprint density at radius 1 is 0.962 bits per heavy atom. The number of hydrogen-bond donors (Lipinski definition) is 2. The van der Waals surface area contributed by atoms with E-state index in [0.29, 0.717) is 0 Å². The van der Waals surface area contributed by atoms with Gasteiger partial charge >= 0.3 is 11.9 Å². The Hall–Kier alpha value is -1.92. The van der Waals surface area contributed by atoms with Crippen LogP contribution in [0, 0.1) is 5.92 Å². The Kier molecular flexibility index (Phi) is 8.06. The molecule has 2 atom stereocenters. The van der Waals surface area contributed by atoms with E-state index in [4.69, 9.17) is 19.8 Å². The van der Waals surface area contributed by atoms with Crippen LogP contribution in [0.3, 0.4) is 0 Å². The summed E-state index contributed by atoms with van der Waals surface area (Å²) in [5.74, 6) is -2.74. The van der Waals surface area contributed by atoms with Crippen LogP contribution in [-0.2, 0) is 16.1 Å². The molecule has 2 aliphatic rings. The van der Waals surface area contributed by atoms with Gasteiger partial charge in [-0.2, -0.15) is 0 Å². The molecule has 144 valence electrons. The molecule has 1 aromatic rings. The van der Waals surface area contributed by atoms with Crippen LogP contribution in [-0.4, -0.2) is 64.2 Å². The Bertz CT molecular complexity index is 558. The van der Waals surface area contributed by atoms with Crippen molar-refractivity contribution in [2.75, 3.05) is 26.2 Å². The van der Waals surface area contributed by atoms with Gasteiger partial charge in [0.05, 0.1) is 0 Å². The second-order valence-electron chi connectivity index (χ2n) is 7.24. The molecule has 6 nitrogen and oxygen atoms in total. The topological polar surface area (TPSA) is 81.1 Å². The fourth-order valence-corrected chi connectivity index (χ4v) is 3.93. The zero-order chi connectivity index (χ0) is 18.9. The zero-order valence-electron chi connectivity index (χ0n) is 15.5. The van der Waals surface area contributed by atoms with Crippen LogP contribution >= 0.6 is 0 Å². The van der Waals surface area contributed by atoms with Crippen LogP contribution in [0.2, 0.25) is 0 Å². The van der Waals surface area contributed by atoms with Crippen molar-refractivity contribution in [1.82, 2.24) is 9.80 Å². The van der Waals surface area contributed by atoms with Gasteiger partial charge in [0, 0.05) is 38.8 Å². The highest BCUT2D eigenvalue weighted by Crippen LogP contribution is 2.28. The summed E-state index contributed by atoms with van der Waals surface area (Å²) in [6.45, 7) is 8.58. The third-order valence-corrected chi connectivity index (χ3v) is 5.37. The minimum Gasteiger partial charge on any atom is -0.473 e. The maximum Gasteiger partial charge on any atom is 0.414 e. The van der Waals surface area contributed by atoms with E-state index in [2.05, 4.69) is 47.1 Å². The number of carboxylic acid groups (broad SMARTS) is 2. The number of hydrogen-bond acceptors (Lipinski definition) is 4. The van der Waals surface area contributed by atoms with Gasteiger partial charge in [-0.3, -0.25) is 9.80 Å². The molecule has 1 aliphatic heterocycles. The van der Waals surface area contributed by atoms with E-state index in [9.17, 15) is 0 Å². The van der Waals surface area contributed by atoms with Gasteiger partial charge in [0.25, 0.3) is 0 Å². The van der Waals surface area contributed by atoms with Crippen molar-refractivity contribution in [1.29, 1.82) is 0 Å². The molecular formula is C20H30N2O4. The number of carboxylic acids is 2. The summed E-state index contributed by atoms with van der Waals surface area (Å²) in [7, 11) is 0. The molecule has 0 spiro atoms. The highest BCUT2D eigenvalue weighted by atomic mass is 16.4. The molecule has 1 aromatic carbocycles. The minimum atomic E-state index is -1.82. The first-order valence-electron chi connectivity index (χ1n) is 9.44. The normalized spacial score (nSPS) is 24.3. The molecular weight excluding hydrogens is 332 g/mol. The van der Waals surface area contributed by atoms with Crippen LogP contribution in [0.4, 0.5) is 0 Å². The summed E-state index contributed by atoms with van der Waals surface area (Å²) >= 11 is 0. The predicted octanol–water partition coefficient (Wildman–Crippen LogP) is 2.54. The molecule has 2 fully saturated rings. The first-order valence-corrected chi connectivity index (χ1v) is 9.44. The van der Waals surface area contributed by atoms with E-state index in [1.165, 1.54) is 57.4 Å².